The molecule has 0 amide bonds. The van der Waals surface area contributed by atoms with Crippen molar-refractivity contribution in [3.05, 3.63) is 71.8 Å². The van der Waals surface area contributed by atoms with Crippen LogP contribution in [0.1, 0.15) is 164 Å². The molecule has 0 aliphatic rings. The zero-order chi connectivity index (χ0) is 60.5. The van der Waals surface area contributed by atoms with E-state index in [1.165, 1.54) is 0 Å². The van der Waals surface area contributed by atoms with Gasteiger partial charge in [-0.1, -0.05) is 95.7 Å². The molecule has 0 aliphatic heterocycles. The summed E-state index contributed by atoms with van der Waals surface area (Å²) in [4.78, 5) is 107. The van der Waals surface area contributed by atoms with Crippen LogP contribution in [0.3, 0.4) is 0 Å². The second kappa shape index (κ2) is 48.3. The molecule has 0 heterocycles. The Labute approximate surface area is 453 Å². The number of hydrogen-bond acceptors (Lipinski definition) is 18. The predicted molar refractivity (Wildman–Crippen MR) is 277 cm³/mol. The molecule has 0 radical (unpaired) electrons. The number of carbonyl (C=O) groups excluding carboxylic acids is 3. The third-order valence-electron chi connectivity index (χ3n) is 9.49. The number of rotatable bonds is 33. The lowest BCUT2D eigenvalue weighted by molar-refractivity contribution is -0.178. The zero-order valence-corrected chi connectivity index (χ0v) is 45.1. The van der Waals surface area contributed by atoms with Crippen LogP contribution in [0.5, 0.6) is 0 Å². The van der Waals surface area contributed by atoms with Gasteiger partial charge in [0.1, 0.15) is 0 Å². The van der Waals surface area contributed by atoms with Gasteiger partial charge in [0.25, 0.3) is 0 Å². The maximum atomic E-state index is 12.2. The van der Waals surface area contributed by atoms with E-state index in [1.54, 1.807) is 74.5 Å². The van der Waals surface area contributed by atoms with Crippen LogP contribution in [0.4, 0.5) is 0 Å². The normalized spacial score (nSPS) is 11.0. The number of esters is 3. The Bertz CT molecular complexity index is 1880. The molecule has 444 valence electrons. The zero-order valence-electron chi connectivity index (χ0n) is 45.1. The Hall–Kier alpha value is -7.06. The first kappa shape index (κ1) is 77.4. The molecular formula is C53H82O25. The Morgan fingerprint density at radius 2 is 0.821 bits per heavy atom. The lowest BCUT2D eigenvalue weighted by atomic mass is 9.95. The number of aliphatic carboxylic acids is 5. The quantitative estimate of drug-likeness (QED) is 0.0232. The fourth-order valence-corrected chi connectivity index (χ4v) is 5.21. The minimum Gasteiger partial charge on any atom is -0.481 e. The Morgan fingerprint density at radius 3 is 1.09 bits per heavy atom. The van der Waals surface area contributed by atoms with E-state index in [0.29, 0.717) is 49.8 Å². The summed E-state index contributed by atoms with van der Waals surface area (Å²) < 4.78 is 19.9. The molecule has 0 aromatic heterocycles. The predicted octanol–water partition coefficient (Wildman–Crippen LogP) is 5.70. The van der Waals surface area contributed by atoms with E-state index in [9.17, 15) is 53.1 Å². The van der Waals surface area contributed by atoms with Crippen molar-refractivity contribution in [3.63, 3.8) is 0 Å². The van der Waals surface area contributed by atoms with Gasteiger partial charge in [-0.05, 0) is 70.2 Å². The highest BCUT2D eigenvalue weighted by Gasteiger charge is 2.43. The molecule has 0 saturated heterocycles. The van der Waals surface area contributed by atoms with E-state index < -0.39 is 103 Å². The summed E-state index contributed by atoms with van der Waals surface area (Å²) in [6.07, 6.45) is 4.86. The van der Waals surface area contributed by atoms with Crippen LogP contribution in [0.25, 0.3) is 0 Å². The summed E-state index contributed by atoms with van der Waals surface area (Å²) in [6, 6.07) is 16.6. The summed E-state index contributed by atoms with van der Waals surface area (Å²) in [6.45, 7) is 10.0. The van der Waals surface area contributed by atoms with Crippen molar-refractivity contribution in [2.75, 3.05) is 33.0 Å². The van der Waals surface area contributed by atoms with Crippen molar-refractivity contribution in [1.29, 1.82) is 0 Å². The monoisotopic (exact) mass is 1120 g/mol. The molecule has 78 heavy (non-hydrogen) atoms. The van der Waals surface area contributed by atoms with E-state index in [4.69, 9.17) is 70.0 Å². The van der Waals surface area contributed by atoms with Gasteiger partial charge in [0.05, 0.1) is 82.1 Å². The first-order valence-corrected chi connectivity index (χ1v) is 25.1. The highest BCUT2D eigenvalue weighted by Crippen LogP contribution is 2.21. The molecule has 0 fully saturated rings. The number of hydrogen-bond donors (Lipinski definition) is 11. The molecule has 11 N–H and O–H groups in total. The Morgan fingerprint density at radius 1 is 0.474 bits per heavy atom. The van der Waals surface area contributed by atoms with Crippen LogP contribution >= 0.6 is 0 Å². The van der Waals surface area contributed by atoms with Crippen LogP contribution in [-0.4, -0.2) is 172 Å². The summed E-state index contributed by atoms with van der Waals surface area (Å²) in [5.74, 6) is -10.8. The van der Waals surface area contributed by atoms with Gasteiger partial charge in [-0.15, -0.1) is 0 Å². The highest BCUT2D eigenvalue weighted by molar-refractivity contribution is 5.90. The van der Waals surface area contributed by atoms with Gasteiger partial charge in [-0.2, -0.15) is 0 Å². The van der Waals surface area contributed by atoms with Crippen molar-refractivity contribution in [1.82, 2.24) is 0 Å². The molecule has 0 bridgehead atoms. The lowest BCUT2D eigenvalue weighted by Gasteiger charge is -2.24. The van der Waals surface area contributed by atoms with Crippen molar-refractivity contribution >= 4 is 59.7 Å². The molecule has 2 unspecified atom stereocenters. The molecule has 2 rings (SSSR count). The molecule has 25 nitrogen and oxygen atoms in total. The van der Waals surface area contributed by atoms with Crippen LogP contribution < -0.4 is 0 Å². The largest absolute Gasteiger partial charge is 0.481 e. The van der Waals surface area contributed by atoms with Gasteiger partial charge in [-0.25, -0.2) is 19.2 Å². The standard InChI is InChI=1S/C18H32O7.C9H16O4.2C7H6O2.C6H8O7.C6H14O3/c1-4-7-10-23-15(19)13-18(22,17(21)25-12-9-6-3)14-16(20)24-11-8-5-2;10-8(11)6-4-2-1-3-5-7-9(12)13;2*8-7(9)6-4-2-1-3-5-6;7-3(8)1-6(13,5(11)12)2-4(9)10;1-5(8)4-9-6(2)3-7/h22H,4-14H2,1-3H3;1-7H2,(H,10,11)(H,12,13);2*1-5H,(H,8,9);13H,1-2H2,(H,7,8)(H,9,10)(H,11,12);5-8H,3-4H2,1-2H3. The van der Waals surface area contributed by atoms with Crippen LogP contribution in [0.15, 0.2) is 60.7 Å². The second-order valence-corrected chi connectivity index (χ2v) is 17.1. The van der Waals surface area contributed by atoms with Crippen molar-refractivity contribution < 1.29 is 123 Å². The van der Waals surface area contributed by atoms with Gasteiger partial charge < -0.3 is 75.1 Å². The topological polar surface area (TPSA) is 430 Å². The lowest BCUT2D eigenvalue weighted by Crippen LogP contribution is -2.45. The number of carboxylic acid groups (broad SMARTS) is 7. The van der Waals surface area contributed by atoms with Gasteiger partial charge in [0, 0.05) is 12.8 Å². The number of carbonyl (C=O) groups is 10. The van der Waals surface area contributed by atoms with E-state index in [1.807, 2.05) is 20.8 Å². The number of aromatic carboxylic acids is 2. The third-order valence-corrected chi connectivity index (χ3v) is 9.49. The van der Waals surface area contributed by atoms with Crippen LogP contribution in [0, 0.1) is 0 Å². The van der Waals surface area contributed by atoms with E-state index in [0.717, 1.165) is 38.5 Å². The maximum Gasteiger partial charge on any atom is 0.339 e. The van der Waals surface area contributed by atoms with Gasteiger partial charge in [0.2, 0.25) is 0 Å². The molecule has 2 aromatic rings. The number of carboxylic acids is 7. The summed E-state index contributed by atoms with van der Waals surface area (Å²) >= 11 is 0. The molecule has 25 heteroatoms. The minimum atomic E-state index is -2.74. The number of aliphatic hydroxyl groups excluding tert-OH is 2. The summed E-state index contributed by atoms with van der Waals surface area (Å²) in [5, 5.41) is 94.9. The van der Waals surface area contributed by atoms with E-state index in [2.05, 4.69) is 0 Å². The average molecular weight is 1120 g/mol. The fraction of sp³-hybridized carbons (Fsp3) is 0.585. The van der Waals surface area contributed by atoms with E-state index >= 15 is 0 Å². The summed E-state index contributed by atoms with van der Waals surface area (Å²) in [5.41, 5.74) is -4.34. The number of ether oxygens (including phenoxy) is 4. The van der Waals surface area contributed by atoms with Crippen LogP contribution in [0.2, 0.25) is 0 Å². The molecule has 0 saturated carbocycles. The van der Waals surface area contributed by atoms with Crippen molar-refractivity contribution in [2.24, 2.45) is 0 Å². The highest BCUT2D eigenvalue weighted by atomic mass is 16.6. The molecule has 0 spiro atoms. The van der Waals surface area contributed by atoms with Crippen molar-refractivity contribution in [3.8, 4) is 0 Å². The average Bonchev–Trinajstić information content (AvgIpc) is 3.36. The molecule has 0 aliphatic carbocycles. The van der Waals surface area contributed by atoms with Gasteiger partial charge in [0.15, 0.2) is 11.2 Å². The third kappa shape index (κ3) is 48.6. The fourth-order valence-electron chi connectivity index (χ4n) is 5.21. The first-order chi connectivity index (χ1) is 36.6. The summed E-state index contributed by atoms with van der Waals surface area (Å²) in [7, 11) is 0. The van der Waals surface area contributed by atoms with Crippen LogP contribution in [-0.2, 0) is 57.3 Å². The number of benzene rings is 2. The minimum absolute atomic E-state index is 0.00667. The Balaban J connectivity index is -0.000000444. The SMILES string of the molecule is CC(O)COC(C)CO.CCCCOC(=O)CC(O)(CC(=O)OCCCC)C(=O)OCCCC.O=C(O)CC(O)(CC(=O)O)C(=O)O.O=C(O)CCCCCCCC(=O)O.O=C(O)c1ccccc1.O=C(O)c1ccccc1. The number of aliphatic hydroxyl groups is 4. The molecule has 2 aromatic carbocycles. The van der Waals surface area contributed by atoms with E-state index in [-0.39, 0.29) is 45.4 Å². The molecule has 2 atom stereocenters. The van der Waals surface area contributed by atoms with Gasteiger partial charge >= 0.3 is 59.7 Å². The smallest absolute Gasteiger partial charge is 0.339 e. The molecular weight excluding hydrogens is 1040 g/mol. The Kier molecular flexibility index (Phi) is 48.0. The number of unbranched alkanes of at least 4 members (excludes halogenated alkanes) is 7. The second-order valence-electron chi connectivity index (χ2n) is 17.1. The maximum absolute atomic E-state index is 12.2. The van der Waals surface area contributed by atoms with Crippen molar-refractivity contribution in [2.45, 2.75) is 167 Å². The first-order valence-electron chi connectivity index (χ1n) is 25.1. The van der Waals surface area contributed by atoms with Gasteiger partial charge in [-0.3, -0.25) is 28.8 Å².